The van der Waals surface area contributed by atoms with Crippen LogP contribution in [0.25, 0.3) is 0 Å². The average Bonchev–Trinajstić information content (AvgIpc) is 2.76. The summed E-state index contributed by atoms with van der Waals surface area (Å²) in [6.07, 6.45) is 2.21. The number of nitrogens with one attached hydrogen (secondary N) is 3. The number of H-pyrrole nitrogens is 2. The van der Waals surface area contributed by atoms with Crippen LogP contribution in [0.15, 0.2) is 52.1 Å². The Morgan fingerprint density at radius 3 is 2.77 bits per heavy atom. The third-order valence-corrected chi connectivity index (χ3v) is 5.32. The van der Waals surface area contributed by atoms with Gasteiger partial charge in [0.15, 0.2) is 0 Å². The van der Waals surface area contributed by atoms with Crippen molar-refractivity contribution in [3.8, 4) is 5.75 Å². The minimum atomic E-state index is -0.818. The van der Waals surface area contributed by atoms with Crippen molar-refractivity contribution in [2.24, 2.45) is 0 Å². The Balaban J connectivity index is 1.57. The van der Waals surface area contributed by atoms with E-state index >= 15 is 0 Å². The normalized spacial score (nSPS) is 15.2. The van der Waals surface area contributed by atoms with Crippen LogP contribution in [0.3, 0.4) is 0 Å². The lowest BCUT2D eigenvalue weighted by Gasteiger charge is -2.28. The number of hydrogen-bond donors (Lipinski definition) is 4. The number of aromatic nitrogens is 2. The lowest BCUT2D eigenvalue weighted by molar-refractivity contribution is 0.0928. The molecule has 8 nitrogen and oxygen atoms in total. The van der Waals surface area contributed by atoms with Gasteiger partial charge in [-0.25, -0.2) is 9.18 Å². The minimum Gasteiger partial charge on any atom is -0.489 e. The van der Waals surface area contributed by atoms with Gasteiger partial charge in [0.25, 0.3) is 11.5 Å². The van der Waals surface area contributed by atoms with Gasteiger partial charge in [0, 0.05) is 5.56 Å². The lowest BCUT2D eigenvalue weighted by atomic mass is 9.87. The van der Waals surface area contributed by atoms with Crippen molar-refractivity contribution >= 4 is 11.6 Å². The second-order valence-electron chi connectivity index (χ2n) is 7.32. The second-order valence-corrected chi connectivity index (χ2v) is 7.32. The molecule has 0 aliphatic heterocycles. The number of anilines is 1. The molecule has 1 amide bonds. The minimum absolute atomic E-state index is 0.0880. The van der Waals surface area contributed by atoms with Gasteiger partial charge in [0.05, 0.1) is 6.04 Å². The molecule has 0 fully saturated rings. The monoisotopic (exact) mass is 424 g/mol. The van der Waals surface area contributed by atoms with Crippen molar-refractivity contribution in [1.82, 2.24) is 15.3 Å². The Labute approximate surface area is 176 Å². The summed E-state index contributed by atoms with van der Waals surface area (Å²) in [4.78, 5) is 40.2. The fourth-order valence-corrected chi connectivity index (χ4v) is 3.78. The van der Waals surface area contributed by atoms with Gasteiger partial charge in [-0.05, 0) is 42.5 Å². The molecule has 4 rings (SSSR count). The third-order valence-electron chi connectivity index (χ3n) is 5.32. The molecule has 5 N–H and O–H groups in total. The smallest absolute Gasteiger partial charge is 0.326 e. The summed E-state index contributed by atoms with van der Waals surface area (Å²) >= 11 is 0. The van der Waals surface area contributed by atoms with Gasteiger partial charge in [-0.3, -0.25) is 14.6 Å². The molecule has 2 aromatic carbocycles. The Morgan fingerprint density at radius 2 is 1.97 bits per heavy atom. The number of nitrogens with two attached hydrogens (primary N) is 1. The topological polar surface area (TPSA) is 130 Å². The van der Waals surface area contributed by atoms with Crippen LogP contribution in [0, 0.1) is 5.82 Å². The number of ether oxygens (including phenoxy) is 1. The summed E-state index contributed by atoms with van der Waals surface area (Å²) in [6, 6.07) is 11.6. The number of aromatic amines is 2. The van der Waals surface area contributed by atoms with E-state index in [1.807, 2.05) is 23.2 Å². The SMILES string of the molecule is Nc1c(C(=O)N[C@H]2CCCc3c(OCc4ccccc4F)cccc32)[nH]c(=O)[nH]c1=O. The number of fused-ring (bicyclic) bond motifs is 1. The highest BCUT2D eigenvalue weighted by molar-refractivity contribution is 5.97. The highest BCUT2D eigenvalue weighted by Gasteiger charge is 2.26. The maximum atomic E-state index is 13.9. The van der Waals surface area contributed by atoms with Gasteiger partial charge < -0.3 is 20.8 Å². The number of rotatable bonds is 5. The third kappa shape index (κ3) is 4.20. The van der Waals surface area contributed by atoms with Crippen LogP contribution in [0.2, 0.25) is 0 Å². The number of halogens is 1. The average molecular weight is 424 g/mol. The van der Waals surface area contributed by atoms with Crippen molar-refractivity contribution in [3.05, 3.63) is 91.5 Å². The molecule has 0 saturated carbocycles. The molecular formula is C22H21FN4O4. The lowest BCUT2D eigenvalue weighted by Crippen LogP contribution is -2.36. The van der Waals surface area contributed by atoms with Crippen LogP contribution in [0.1, 0.15) is 46.1 Å². The summed E-state index contributed by atoms with van der Waals surface area (Å²) in [5, 5.41) is 2.84. The molecule has 1 aliphatic rings. The van der Waals surface area contributed by atoms with Gasteiger partial charge in [-0.15, -0.1) is 0 Å². The van der Waals surface area contributed by atoms with Crippen LogP contribution in [-0.4, -0.2) is 15.9 Å². The largest absolute Gasteiger partial charge is 0.489 e. The summed E-state index contributed by atoms with van der Waals surface area (Å²) in [5.74, 6) is -0.345. The Morgan fingerprint density at radius 1 is 1.16 bits per heavy atom. The molecule has 0 unspecified atom stereocenters. The van der Waals surface area contributed by atoms with Gasteiger partial charge in [-0.1, -0.05) is 30.3 Å². The molecular weight excluding hydrogens is 403 g/mol. The summed E-state index contributed by atoms with van der Waals surface area (Å²) in [7, 11) is 0. The molecule has 0 radical (unpaired) electrons. The van der Waals surface area contributed by atoms with Gasteiger partial charge in [0.1, 0.15) is 29.6 Å². The van der Waals surface area contributed by atoms with Crippen molar-refractivity contribution < 1.29 is 13.9 Å². The molecule has 31 heavy (non-hydrogen) atoms. The van der Waals surface area contributed by atoms with Gasteiger partial charge in [-0.2, -0.15) is 0 Å². The van der Waals surface area contributed by atoms with E-state index in [9.17, 15) is 18.8 Å². The quantitative estimate of drug-likeness (QED) is 0.499. The Kier molecular flexibility index (Phi) is 5.57. The first-order valence-corrected chi connectivity index (χ1v) is 9.85. The van der Waals surface area contributed by atoms with Gasteiger partial charge >= 0.3 is 5.69 Å². The Bertz CT molecular complexity index is 1250. The predicted octanol–water partition coefficient (Wildman–Crippen LogP) is 2.17. The molecule has 1 aliphatic carbocycles. The zero-order valence-corrected chi connectivity index (χ0v) is 16.5. The van der Waals surface area contributed by atoms with Crippen molar-refractivity contribution in [2.75, 3.05) is 5.73 Å². The van der Waals surface area contributed by atoms with Crippen LogP contribution in [-0.2, 0) is 13.0 Å². The number of hydrogen-bond acceptors (Lipinski definition) is 5. The van der Waals surface area contributed by atoms with E-state index in [1.54, 1.807) is 18.2 Å². The van der Waals surface area contributed by atoms with E-state index in [-0.39, 0.29) is 29.8 Å². The molecule has 1 aromatic heterocycles. The van der Waals surface area contributed by atoms with Crippen molar-refractivity contribution in [1.29, 1.82) is 0 Å². The first-order chi connectivity index (χ1) is 14.9. The molecule has 9 heteroatoms. The summed E-state index contributed by atoms with van der Waals surface area (Å²) in [6.45, 7) is 0.0880. The summed E-state index contributed by atoms with van der Waals surface area (Å²) < 4.78 is 19.8. The predicted molar refractivity (Wildman–Crippen MR) is 112 cm³/mol. The molecule has 1 atom stereocenters. The molecule has 3 aromatic rings. The standard InChI is InChI=1S/C22H21FN4O4/c23-15-8-2-1-5-12(15)11-31-17-10-4-6-13-14(17)7-3-9-16(13)25-21(29)19-18(24)20(28)27-22(30)26-19/h1-2,4-6,8,10,16H,3,7,9,11,24H2,(H,25,29)(H2,26,27,28,30)/t16-/m0/s1. The molecule has 0 bridgehead atoms. The second kappa shape index (κ2) is 8.47. The van der Waals surface area contributed by atoms with E-state index in [2.05, 4.69) is 10.3 Å². The molecule has 0 spiro atoms. The van der Waals surface area contributed by atoms with E-state index in [4.69, 9.17) is 10.5 Å². The molecule has 160 valence electrons. The maximum Gasteiger partial charge on any atom is 0.326 e. The number of amides is 1. The number of benzene rings is 2. The van der Waals surface area contributed by atoms with Crippen LogP contribution in [0.4, 0.5) is 10.1 Å². The number of carbonyl (C=O) groups is 1. The van der Waals surface area contributed by atoms with E-state index in [0.29, 0.717) is 17.7 Å². The number of nitrogen functional groups attached to an aromatic ring is 1. The van der Waals surface area contributed by atoms with Crippen molar-refractivity contribution in [2.45, 2.75) is 31.9 Å². The summed E-state index contributed by atoms with van der Waals surface area (Å²) in [5.41, 5.74) is 5.67. The van der Waals surface area contributed by atoms with Crippen LogP contribution < -0.4 is 27.0 Å². The zero-order valence-electron chi connectivity index (χ0n) is 16.5. The van der Waals surface area contributed by atoms with E-state index < -0.39 is 17.2 Å². The van der Waals surface area contributed by atoms with E-state index in [1.165, 1.54) is 6.07 Å². The maximum absolute atomic E-state index is 13.9. The van der Waals surface area contributed by atoms with Crippen LogP contribution in [0.5, 0.6) is 5.75 Å². The highest BCUT2D eigenvalue weighted by Crippen LogP contribution is 2.36. The first-order valence-electron chi connectivity index (χ1n) is 9.85. The zero-order chi connectivity index (χ0) is 22.0. The fourth-order valence-electron chi connectivity index (χ4n) is 3.78. The highest BCUT2D eigenvalue weighted by atomic mass is 19.1. The molecule has 1 heterocycles. The van der Waals surface area contributed by atoms with Crippen molar-refractivity contribution in [3.63, 3.8) is 0 Å². The van der Waals surface area contributed by atoms with Crippen LogP contribution >= 0.6 is 0 Å². The first kappa shape index (κ1) is 20.4. The fraction of sp³-hybridized carbons (Fsp3) is 0.227. The Hall–Kier alpha value is -3.88. The van der Waals surface area contributed by atoms with E-state index in [0.717, 1.165) is 24.0 Å². The number of carbonyl (C=O) groups excluding carboxylic acids is 1. The van der Waals surface area contributed by atoms with Gasteiger partial charge in [0.2, 0.25) is 0 Å². The molecule has 0 saturated heterocycles.